The number of ether oxygens (including phenoxy) is 2. The first kappa shape index (κ1) is 15.4. The Balaban J connectivity index is 1.75. The average Bonchev–Trinajstić information content (AvgIpc) is 3.26. The molecule has 0 N–H and O–H groups in total. The van der Waals surface area contributed by atoms with Crippen LogP contribution in [-0.2, 0) is 22.3 Å². The van der Waals surface area contributed by atoms with Crippen LogP contribution in [0.2, 0.25) is 0 Å². The second-order valence-corrected chi connectivity index (χ2v) is 6.99. The van der Waals surface area contributed by atoms with Crippen LogP contribution in [0.1, 0.15) is 51.6 Å². The summed E-state index contributed by atoms with van der Waals surface area (Å²) in [6, 6.07) is 11.8. The average molecular weight is 349 g/mol. The molecule has 0 saturated carbocycles. The number of aryl methyl sites for hydroxylation is 1. The first-order chi connectivity index (χ1) is 12.7. The summed E-state index contributed by atoms with van der Waals surface area (Å²) in [5.74, 6) is -0.276. The van der Waals surface area contributed by atoms with Crippen molar-refractivity contribution in [3.63, 3.8) is 0 Å². The highest BCUT2D eigenvalue weighted by atomic mass is 16.6. The van der Waals surface area contributed by atoms with Crippen LogP contribution in [0.5, 0.6) is 0 Å². The molecule has 0 bridgehead atoms. The van der Waals surface area contributed by atoms with E-state index in [1.165, 1.54) is 0 Å². The molecule has 1 fully saturated rings. The maximum Gasteiger partial charge on any atom is 0.414 e. The van der Waals surface area contributed by atoms with E-state index in [9.17, 15) is 9.59 Å². The Bertz CT molecular complexity index is 906. The number of esters is 1. The van der Waals surface area contributed by atoms with Crippen LogP contribution < -0.4 is 4.90 Å². The highest BCUT2D eigenvalue weighted by Crippen LogP contribution is 2.46. The molecule has 3 aliphatic rings. The zero-order valence-corrected chi connectivity index (χ0v) is 14.4. The van der Waals surface area contributed by atoms with Crippen molar-refractivity contribution in [1.82, 2.24) is 0 Å². The predicted molar refractivity (Wildman–Crippen MR) is 95.5 cm³/mol. The number of cyclic esters (lactones) is 2. The molecule has 2 heterocycles. The minimum atomic E-state index is -0.477. The minimum Gasteiger partial charge on any atom is -0.449 e. The molecule has 0 spiro atoms. The van der Waals surface area contributed by atoms with E-state index in [0.29, 0.717) is 18.7 Å². The van der Waals surface area contributed by atoms with E-state index < -0.39 is 6.10 Å². The van der Waals surface area contributed by atoms with Gasteiger partial charge in [0.1, 0.15) is 6.61 Å². The predicted octanol–water partition coefficient (Wildman–Crippen LogP) is 3.78. The Hall–Kier alpha value is -2.82. The first-order valence-corrected chi connectivity index (χ1v) is 9.13. The van der Waals surface area contributed by atoms with Crippen molar-refractivity contribution in [2.24, 2.45) is 0 Å². The summed E-state index contributed by atoms with van der Waals surface area (Å²) in [5.41, 5.74) is 5.44. The maximum atomic E-state index is 12.8. The molecular weight excluding hydrogens is 330 g/mol. The normalized spacial score (nSPS) is 21.2. The molecule has 0 aromatic heterocycles. The summed E-state index contributed by atoms with van der Waals surface area (Å²) >= 11 is 0. The lowest BCUT2D eigenvalue weighted by Gasteiger charge is -2.24. The van der Waals surface area contributed by atoms with E-state index in [1.54, 1.807) is 4.90 Å². The van der Waals surface area contributed by atoms with Crippen molar-refractivity contribution in [3.8, 4) is 0 Å². The number of hydrogen-bond acceptors (Lipinski definition) is 4. The van der Waals surface area contributed by atoms with Gasteiger partial charge in [0.2, 0.25) is 0 Å². The summed E-state index contributed by atoms with van der Waals surface area (Å²) < 4.78 is 11.0. The standard InChI is InChI=1S/C21H19NO4/c23-20-17-15-9-5-4-8-14(15)12-16(22-10-11-25-21(22)24)18(17)19(26-20)13-6-2-1-3-7-13/h1-3,6-7,12,19H,4-5,8-11H2. The molecular formula is C21H19NO4. The van der Waals surface area contributed by atoms with Crippen LogP contribution in [0.25, 0.3) is 0 Å². The zero-order valence-electron chi connectivity index (χ0n) is 14.4. The number of hydrogen-bond donors (Lipinski definition) is 0. The number of carbonyl (C=O) groups excluding carboxylic acids is 2. The van der Waals surface area contributed by atoms with E-state index in [0.717, 1.165) is 53.6 Å². The van der Waals surface area contributed by atoms with Gasteiger partial charge in [0.05, 0.1) is 17.8 Å². The Labute approximate surface area is 151 Å². The number of rotatable bonds is 2. The van der Waals surface area contributed by atoms with Gasteiger partial charge >= 0.3 is 12.1 Å². The largest absolute Gasteiger partial charge is 0.449 e. The molecule has 5 heteroatoms. The lowest BCUT2D eigenvalue weighted by Crippen LogP contribution is -2.26. The SMILES string of the molecule is O=C1OC(c2ccccc2)c2c(N3CCOC3=O)cc3c(c21)CCCC3. The van der Waals surface area contributed by atoms with E-state index in [2.05, 4.69) is 6.07 Å². The number of amides is 1. The Morgan fingerprint density at radius 3 is 2.62 bits per heavy atom. The van der Waals surface area contributed by atoms with Gasteiger partial charge in [0, 0.05) is 5.56 Å². The van der Waals surface area contributed by atoms with Gasteiger partial charge in [-0.3, -0.25) is 4.90 Å². The van der Waals surface area contributed by atoms with E-state index >= 15 is 0 Å². The molecule has 5 rings (SSSR count). The van der Waals surface area contributed by atoms with Gasteiger partial charge in [-0.15, -0.1) is 0 Å². The second kappa shape index (κ2) is 5.87. The van der Waals surface area contributed by atoms with E-state index in [4.69, 9.17) is 9.47 Å². The van der Waals surface area contributed by atoms with Gasteiger partial charge in [-0.05, 0) is 48.4 Å². The fourth-order valence-electron chi connectivity index (χ4n) is 4.33. The second-order valence-electron chi connectivity index (χ2n) is 6.99. The van der Waals surface area contributed by atoms with Gasteiger partial charge < -0.3 is 9.47 Å². The smallest absolute Gasteiger partial charge is 0.414 e. The van der Waals surface area contributed by atoms with Gasteiger partial charge in [-0.1, -0.05) is 30.3 Å². The third kappa shape index (κ3) is 2.23. The highest BCUT2D eigenvalue weighted by molar-refractivity contribution is 6.01. The Morgan fingerprint density at radius 1 is 1.04 bits per heavy atom. The summed E-state index contributed by atoms with van der Waals surface area (Å²) in [6.07, 6.45) is 3.17. The van der Waals surface area contributed by atoms with Crippen molar-refractivity contribution in [2.75, 3.05) is 18.1 Å². The van der Waals surface area contributed by atoms with Crippen molar-refractivity contribution in [2.45, 2.75) is 31.8 Å². The summed E-state index contributed by atoms with van der Waals surface area (Å²) in [5, 5.41) is 0. The molecule has 1 saturated heterocycles. The summed E-state index contributed by atoms with van der Waals surface area (Å²) in [6.45, 7) is 0.870. The molecule has 26 heavy (non-hydrogen) atoms. The Morgan fingerprint density at radius 2 is 1.85 bits per heavy atom. The molecule has 132 valence electrons. The zero-order chi connectivity index (χ0) is 17.7. The monoisotopic (exact) mass is 349 g/mol. The molecule has 0 radical (unpaired) electrons. The molecule has 5 nitrogen and oxygen atoms in total. The fraction of sp³-hybridized carbons (Fsp3) is 0.333. The number of nitrogens with zero attached hydrogens (tertiary/aromatic N) is 1. The van der Waals surface area contributed by atoms with Gasteiger partial charge in [0.15, 0.2) is 6.10 Å². The number of carbonyl (C=O) groups is 2. The number of benzene rings is 2. The Kier molecular flexibility index (Phi) is 3.48. The van der Waals surface area contributed by atoms with Crippen LogP contribution in [0.15, 0.2) is 36.4 Å². The van der Waals surface area contributed by atoms with Crippen molar-refractivity contribution < 1.29 is 19.1 Å². The van der Waals surface area contributed by atoms with Gasteiger partial charge in [0.25, 0.3) is 0 Å². The summed E-state index contributed by atoms with van der Waals surface area (Å²) in [7, 11) is 0. The third-order valence-electron chi connectivity index (χ3n) is 5.51. The third-order valence-corrected chi connectivity index (χ3v) is 5.51. The molecule has 1 amide bonds. The van der Waals surface area contributed by atoms with Crippen LogP contribution in [0.4, 0.5) is 10.5 Å². The molecule has 1 unspecified atom stereocenters. The number of anilines is 1. The first-order valence-electron chi connectivity index (χ1n) is 9.13. The fourth-order valence-corrected chi connectivity index (χ4v) is 4.33. The van der Waals surface area contributed by atoms with Gasteiger partial charge in [-0.25, -0.2) is 9.59 Å². The lowest BCUT2D eigenvalue weighted by atomic mass is 9.83. The van der Waals surface area contributed by atoms with Crippen LogP contribution in [-0.4, -0.2) is 25.2 Å². The van der Waals surface area contributed by atoms with Gasteiger partial charge in [-0.2, -0.15) is 0 Å². The van der Waals surface area contributed by atoms with Crippen molar-refractivity contribution >= 4 is 17.7 Å². The molecule has 2 aliphatic heterocycles. The molecule has 1 atom stereocenters. The number of fused-ring (bicyclic) bond motifs is 3. The minimum absolute atomic E-state index is 0.276. The lowest BCUT2D eigenvalue weighted by molar-refractivity contribution is 0.0455. The van der Waals surface area contributed by atoms with Crippen molar-refractivity contribution in [3.05, 3.63) is 64.2 Å². The quantitative estimate of drug-likeness (QED) is 0.774. The van der Waals surface area contributed by atoms with Crippen molar-refractivity contribution in [1.29, 1.82) is 0 Å². The van der Waals surface area contributed by atoms with Crippen LogP contribution in [0, 0.1) is 0 Å². The van der Waals surface area contributed by atoms with Crippen LogP contribution in [0.3, 0.4) is 0 Å². The van der Waals surface area contributed by atoms with E-state index in [1.807, 2.05) is 30.3 Å². The highest BCUT2D eigenvalue weighted by Gasteiger charge is 2.41. The molecule has 2 aromatic rings. The topological polar surface area (TPSA) is 55.8 Å². The molecule has 2 aromatic carbocycles. The van der Waals surface area contributed by atoms with Crippen LogP contribution >= 0.6 is 0 Å². The molecule has 1 aliphatic carbocycles. The maximum absolute atomic E-state index is 12.8. The summed E-state index contributed by atoms with van der Waals surface area (Å²) in [4.78, 5) is 26.7. The van der Waals surface area contributed by atoms with E-state index in [-0.39, 0.29) is 12.1 Å².